The molecule has 1 heterocycles. The fourth-order valence-corrected chi connectivity index (χ4v) is 2.91. The molecule has 0 N–H and O–H groups in total. The highest BCUT2D eigenvalue weighted by Crippen LogP contribution is 2.31. The summed E-state index contributed by atoms with van der Waals surface area (Å²) in [6.45, 7) is 2.09. The number of hydrogen-bond donors (Lipinski definition) is 0. The standard InChI is InChI=1S/C19H13FN2/c1-12-4-2-7-16-15(12)8-9-17-18(21-11-22-19(16)17)13-5-3-6-14(20)10-13/h2-11H,1H3. The molecule has 0 saturated carbocycles. The lowest BCUT2D eigenvalue weighted by Crippen LogP contribution is -1.91. The molecule has 22 heavy (non-hydrogen) atoms. The van der Waals surface area contributed by atoms with Crippen molar-refractivity contribution in [3.8, 4) is 11.3 Å². The maximum atomic E-state index is 13.5. The van der Waals surface area contributed by atoms with Gasteiger partial charge in [-0.05, 0) is 36.1 Å². The summed E-state index contributed by atoms with van der Waals surface area (Å²) in [6.07, 6.45) is 1.55. The monoisotopic (exact) mass is 288 g/mol. The van der Waals surface area contributed by atoms with Gasteiger partial charge in [0.15, 0.2) is 0 Å². The van der Waals surface area contributed by atoms with E-state index < -0.39 is 0 Å². The van der Waals surface area contributed by atoms with Crippen molar-refractivity contribution < 1.29 is 4.39 Å². The number of rotatable bonds is 1. The van der Waals surface area contributed by atoms with E-state index in [0.717, 1.165) is 27.5 Å². The van der Waals surface area contributed by atoms with Gasteiger partial charge < -0.3 is 0 Å². The van der Waals surface area contributed by atoms with Crippen molar-refractivity contribution in [2.24, 2.45) is 0 Å². The van der Waals surface area contributed by atoms with Crippen LogP contribution in [0.3, 0.4) is 0 Å². The van der Waals surface area contributed by atoms with E-state index in [0.29, 0.717) is 0 Å². The Balaban J connectivity index is 2.10. The zero-order valence-corrected chi connectivity index (χ0v) is 12.0. The van der Waals surface area contributed by atoms with E-state index >= 15 is 0 Å². The third-order valence-electron chi connectivity index (χ3n) is 3.98. The van der Waals surface area contributed by atoms with Crippen LogP contribution in [0.25, 0.3) is 32.9 Å². The first-order valence-electron chi connectivity index (χ1n) is 7.13. The van der Waals surface area contributed by atoms with Gasteiger partial charge in [0.2, 0.25) is 0 Å². The van der Waals surface area contributed by atoms with Crippen LogP contribution in [0.2, 0.25) is 0 Å². The van der Waals surface area contributed by atoms with Crippen LogP contribution >= 0.6 is 0 Å². The van der Waals surface area contributed by atoms with Crippen LogP contribution < -0.4 is 0 Å². The summed E-state index contributed by atoms with van der Waals surface area (Å²) < 4.78 is 13.5. The van der Waals surface area contributed by atoms with E-state index in [9.17, 15) is 4.39 Å². The van der Waals surface area contributed by atoms with Crippen LogP contribution in [-0.2, 0) is 0 Å². The molecular formula is C19H13FN2. The van der Waals surface area contributed by atoms with Crippen molar-refractivity contribution in [1.29, 1.82) is 0 Å². The number of halogens is 1. The Morgan fingerprint density at radius 1 is 0.818 bits per heavy atom. The normalized spacial score (nSPS) is 11.2. The van der Waals surface area contributed by atoms with Crippen molar-refractivity contribution in [2.75, 3.05) is 0 Å². The number of benzene rings is 3. The van der Waals surface area contributed by atoms with Crippen molar-refractivity contribution in [2.45, 2.75) is 6.92 Å². The van der Waals surface area contributed by atoms with Crippen molar-refractivity contribution in [3.63, 3.8) is 0 Å². The van der Waals surface area contributed by atoms with Gasteiger partial charge in [-0.1, -0.05) is 36.4 Å². The SMILES string of the molecule is Cc1cccc2c1ccc1c(-c3cccc(F)c3)ncnc12. The second-order valence-corrected chi connectivity index (χ2v) is 5.36. The molecule has 0 saturated heterocycles. The van der Waals surface area contributed by atoms with Crippen LogP contribution in [0.5, 0.6) is 0 Å². The molecule has 1 aromatic heterocycles. The van der Waals surface area contributed by atoms with Crippen LogP contribution in [-0.4, -0.2) is 9.97 Å². The van der Waals surface area contributed by atoms with Gasteiger partial charge in [-0.2, -0.15) is 0 Å². The van der Waals surface area contributed by atoms with Crippen molar-refractivity contribution in [1.82, 2.24) is 9.97 Å². The molecule has 0 atom stereocenters. The van der Waals surface area contributed by atoms with E-state index in [1.54, 1.807) is 12.4 Å². The molecule has 0 bridgehead atoms. The molecule has 0 fully saturated rings. The van der Waals surface area contributed by atoms with Crippen LogP contribution in [0.1, 0.15) is 5.56 Å². The van der Waals surface area contributed by atoms with Gasteiger partial charge in [0.05, 0.1) is 11.2 Å². The molecule has 0 radical (unpaired) electrons. The molecular weight excluding hydrogens is 275 g/mol. The Hall–Kier alpha value is -2.81. The Kier molecular flexibility index (Phi) is 2.86. The summed E-state index contributed by atoms with van der Waals surface area (Å²) in [6, 6.07) is 16.8. The van der Waals surface area contributed by atoms with E-state index in [1.165, 1.54) is 23.1 Å². The highest BCUT2D eigenvalue weighted by atomic mass is 19.1. The summed E-state index contributed by atoms with van der Waals surface area (Å²) in [4.78, 5) is 8.82. The molecule has 0 aliphatic heterocycles. The largest absolute Gasteiger partial charge is 0.236 e. The molecule has 0 aliphatic rings. The molecule has 0 spiro atoms. The second kappa shape index (κ2) is 4.88. The molecule has 4 aromatic rings. The van der Waals surface area contributed by atoms with Gasteiger partial charge in [-0.3, -0.25) is 0 Å². The minimum Gasteiger partial charge on any atom is -0.236 e. The first kappa shape index (κ1) is 12.9. The number of aryl methyl sites for hydroxylation is 1. The first-order valence-corrected chi connectivity index (χ1v) is 7.13. The number of aromatic nitrogens is 2. The van der Waals surface area contributed by atoms with E-state index in [2.05, 4.69) is 35.1 Å². The molecule has 106 valence electrons. The average molecular weight is 288 g/mol. The lowest BCUT2D eigenvalue weighted by atomic mass is 9.99. The van der Waals surface area contributed by atoms with Crippen LogP contribution in [0.15, 0.2) is 60.9 Å². The molecule has 2 nitrogen and oxygen atoms in total. The molecule has 0 aliphatic carbocycles. The van der Waals surface area contributed by atoms with Gasteiger partial charge in [0, 0.05) is 16.3 Å². The van der Waals surface area contributed by atoms with Gasteiger partial charge in [-0.25, -0.2) is 14.4 Å². The Morgan fingerprint density at radius 2 is 1.64 bits per heavy atom. The van der Waals surface area contributed by atoms with Gasteiger partial charge in [0.1, 0.15) is 12.1 Å². The van der Waals surface area contributed by atoms with Crippen LogP contribution in [0, 0.1) is 12.7 Å². The highest BCUT2D eigenvalue weighted by Gasteiger charge is 2.10. The first-order chi connectivity index (χ1) is 10.7. The summed E-state index contributed by atoms with van der Waals surface area (Å²) in [5, 5.41) is 3.21. The quantitative estimate of drug-likeness (QED) is 0.466. The average Bonchev–Trinajstić information content (AvgIpc) is 2.54. The molecule has 4 rings (SSSR count). The van der Waals surface area contributed by atoms with Gasteiger partial charge in [-0.15, -0.1) is 0 Å². The maximum absolute atomic E-state index is 13.5. The zero-order valence-electron chi connectivity index (χ0n) is 12.0. The van der Waals surface area contributed by atoms with E-state index in [1.807, 2.05) is 18.2 Å². The van der Waals surface area contributed by atoms with Crippen molar-refractivity contribution >= 4 is 21.7 Å². The maximum Gasteiger partial charge on any atom is 0.123 e. The summed E-state index contributed by atoms with van der Waals surface area (Å²) >= 11 is 0. The van der Waals surface area contributed by atoms with Crippen LogP contribution in [0.4, 0.5) is 4.39 Å². The number of hydrogen-bond acceptors (Lipinski definition) is 2. The number of fused-ring (bicyclic) bond motifs is 3. The third kappa shape index (κ3) is 1.94. The minimum absolute atomic E-state index is 0.263. The smallest absolute Gasteiger partial charge is 0.123 e. The Labute approximate surface area is 127 Å². The molecule has 3 heteroatoms. The highest BCUT2D eigenvalue weighted by molar-refractivity contribution is 6.09. The Morgan fingerprint density at radius 3 is 2.50 bits per heavy atom. The zero-order chi connectivity index (χ0) is 15.1. The molecule has 0 amide bonds. The second-order valence-electron chi connectivity index (χ2n) is 5.36. The van der Waals surface area contributed by atoms with E-state index in [-0.39, 0.29) is 5.82 Å². The van der Waals surface area contributed by atoms with Gasteiger partial charge >= 0.3 is 0 Å². The lowest BCUT2D eigenvalue weighted by molar-refractivity contribution is 0.628. The molecule has 0 unspecified atom stereocenters. The number of nitrogens with zero attached hydrogens (tertiary/aromatic N) is 2. The van der Waals surface area contributed by atoms with Crippen molar-refractivity contribution in [3.05, 3.63) is 72.3 Å². The predicted molar refractivity (Wildman–Crippen MR) is 87.2 cm³/mol. The third-order valence-corrected chi connectivity index (χ3v) is 3.98. The summed E-state index contributed by atoms with van der Waals surface area (Å²) in [5.41, 5.74) is 3.63. The van der Waals surface area contributed by atoms with Gasteiger partial charge in [0.25, 0.3) is 0 Å². The Bertz CT molecular complexity index is 1010. The minimum atomic E-state index is -0.263. The van der Waals surface area contributed by atoms with E-state index in [4.69, 9.17) is 0 Å². The predicted octanol–water partition coefficient (Wildman–Crippen LogP) is 4.90. The fourth-order valence-electron chi connectivity index (χ4n) is 2.91. The fraction of sp³-hybridized carbons (Fsp3) is 0.0526. The molecule has 3 aromatic carbocycles. The summed E-state index contributed by atoms with van der Waals surface area (Å²) in [5.74, 6) is -0.263. The topological polar surface area (TPSA) is 25.8 Å². The summed E-state index contributed by atoms with van der Waals surface area (Å²) in [7, 11) is 0. The lowest BCUT2D eigenvalue weighted by Gasteiger charge is -2.09.